The van der Waals surface area contributed by atoms with Gasteiger partial charge in [-0.1, -0.05) is 0 Å². The van der Waals surface area contributed by atoms with Crippen molar-refractivity contribution in [3.05, 3.63) is 0 Å². The van der Waals surface area contributed by atoms with Gasteiger partial charge >= 0.3 is 0 Å². The van der Waals surface area contributed by atoms with Crippen LogP contribution in [0.4, 0.5) is 0 Å². The quantitative estimate of drug-likeness (QED) is 0.709. The minimum atomic E-state index is -2.91. The molecule has 1 N–H and O–H groups in total. The summed E-state index contributed by atoms with van der Waals surface area (Å²) in [5.41, 5.74) is -0.381. The van der Waals surface area contributed by atoms with E-state index in [0.717, 1.165) is 0 Å². The van der Waals surface area contributed by atoms with E-state index in [0.29, 0.717) is 18.3 Å². The van der Waals surface area contributed by atoms with E-state index in [9.17, 15) is 8.42 Å². The molecule has 0 atom stereocenters. The number of hydrogen-bond acceptors (Lipinski definition) is 3. The van der Waals surface area contributed by atoms with Crippen molar-refractivity contribution < 1.29 is 8.42 Å². The van der Waals surface area contributed by atoms with Crippen molar-refractivity contribution in [2.45, 2.75) is 12.5 Å². The highest BCUT2D eigenvalue weighted by Gasteiger charge is 2.21. The van der Waals surface area contributed by atoms with Crippen LogP contribution in [0.5, 0.6) is 0 Å². The predicted octanol–water partition coefficient (Wildman–Crippen LogP) is 0.857. The fraction of sp³-hybridized carbons (Fsp3) is 1.00. The Morgan fingerprint density at radius 1 is 1.31 bits per heavy atom. The minimum Gasteiger partial charge on any atom is -0.308 e. The van der Waals surface area contributed by atoms with Crippen LogP contribution in [0.1, 0.15) is 6.92 Å². The van der Waals surface area contributed by atoms with Crippen molar-refractivity contribution in [3.63, 3.8) is 0 Å². The molecule has 0 saturated carbocycles. The summed E-state index contributed by atoms with van der Waals surface area (Å²) in [6.45, 7) is 2.24. The Morgan fingerprint density at radius 3 is 2.08 bits per heavy atom. The number of halogens is 2. The van der Waals surface area contributed by atoms with E-state index in [2.05, 4.69) is 5.32 Å². The van der Waals surface area contributed by atoms with Crippen molar-refractivity contribution >= 4 is 33.0 Å². The molecular weight excluding hydrogens is 233 g/mol. The Kier molecular flexibility index (Phi) is 5.59. The smallest absolute Gasteiger partial charge is 0.148 e. The average Bonchev–Trinajstić information content (AvgIpc) is 2.02. The largest absolute Gasteiger partial charge is 0.308 e. The van der Waals surface area contributed by atoms with E-state index in [4.69, 9.17) is 23.2 Å². The second-order valence-electron chi connectivity index (χ2n) is 3.38. The van der Waals surface area contributed by atoms with Gasteiger partial charge in [0.25, 0.3) is 0 Å². The molecule has 6 heteroatoms. The van der Waals surface area contributed by atoms with Gasteiger partial charge in [-0.3, -0.25) is 0 Å². The number of rotatable bonds is 6. The number of sulfone groups is 1. The monoisotopic (exact) mass is 247 g/mol. The van der Waals surface area contributed by atoms with Gasteiger partial charge in [-0.05, 0) is 6.92 Å². The number of hydrogen-bond donors (Lipinski definition) is 1. The van der Waals surface area contributed by atoms with Gasteiger partial charge in [-0.15, -0.1) is 23.2 Å². The van der Waals surface area contributed by atoms with E-state index in [1.165, 1.54) is 6.26 Å². The molecule has 0 heterocycles. The van der Waals surface area contributed by atoms with E-state index in [-0.39, 0.29) is 11.3 Å². The third-order valence-corrected chi connectivity index (χ3v) is 3.74. The van der Waals surface area contributed by atoms with Gasteiger partial charge in [0.1, 0.15) is 9.84 Å². The molecule has 80 valence electrons. The molecule has 0 fully saturated rings. The summed E-state index contributed by atoms with van der Waals surface area (Å²) in [6.07, 6.45) is 1.20. The maximum atomic E-state index is 10.8. The standard InChI is InChI=1S/C7H15Cl2NO2S/c1-7(5-8,6-9)10-3-4-13(2,11)12/h10H,3-6H2,1-2H3. The van der Waals surface area contributed by atoms with Crippen molar-refractivity contribution in [2.75, 3.05) is 30.3 Å². The summed E-state index contributed by atoms with van der Waals surface area (Å²) in [4.78, 5) is 0. The van der Waals surface area contributed by atoms with Crippen molar-refractivity contribution in [3.8, 4) is 0 Å². The van der Waals surface area contributed by atoms with Gasteiger partial charge in [0, 0.05) is 30.1 Å². The first-order valence-electron chi connectivity index (χ1n) is 3.88. The van der Waals surface area contributed by atoms with Gasteiger partial charge < -0.3 is 5.32 Å². The lowest BCUT2D eigenvalue weighted by Crippen LogP contribution is -2.47. The fourth-order valence-electron chi connectivity index (χ4n) is 0.668. The molecule has 0 aromatic heterocycles. The molecule has 0 amide bonds. The molecule has 0 radical (unpaired) electrons. The minimum absolute atomic E-state index is 0.108. The maximum absolute atomic E-state index is 10.8. The average molecular weight is 248 g/mol. The van der Waals surface area contributed by atoms with Crippen LogP contribution < -0.4 is 5.32 Å². The lowest BCUT2D eigenvalue weighted by Gasteiger charge is -2.25. The van der Waals surface area contributed by atoms with Crippen LogP contribution in [0.2, 0.25) is 0 Å². The molecule has 0 aromatic carbocycles. The molecule has 0 aromatic rings. The topological polar surface area (TPSA) is 46.2 Å². The third-order valence-electron chi connectivity index (χ3n) is 1.61. The van der Waals surface area contributed by atoms with Crippen LogP contribution in [-0.2, 0) is 9.84 Å². The summed E-state index contributed by atoms with van der Waals surface area (Å²) in [7, 11) is -2.91. The van der Waals surface area contributed by atoms with Crippen molar-refractivity contribution in [1.82, 2.24) is 5.32 Å². The summed E-state index contributed by atoms with van der Waals surface area (Å²) in [6, 6.07) is 0. The zero-order valence-electron chi connectivity index (χ0n) is 7.81. The molecule has 0 unspecified atom stereocenters. The van der Waals surface area contributed by atoms with Gasteiger partial charge in [0.2, 0.25) is 0 Å². The number of alkyl halides is 2. The Bertz CT molecular complexity index is 237. The molecule has 0 aliphatic carbocycles. The number of nitrogens with one attached hydrogen (secondary N) is 1. The lowest BCUT2D eigenvalue weighted by molar-refractivity contribution is 0.450. The highest BCUT2D eigenvalue weighted by atomic mass is 35.5. The van der Waals surface area contributed by atoms with E-state index < -0.39 is 9.84 Å². The molecule has 0 rings (SSSR count). The third kappa shape index (κ3) is 6.55. The molecule has 0 aliphatic heterocycles. The van der Waals surface area contributed by atoms with Crippen LogP contribution in [0, 0.1) is 0 Å². The van der Waals surface area contributed by atoms with Crippen LogP contribution >= 0.6 is 23.2 Å². The fourth-order valence-corrected chi connectivity index (χ4v) is 1.62. The molecular formula is C7H15Cl2NO2S. The highest BCUT2D eigenvalue weighted by Crippen LogP contribution is 2.08. The van der Waals surface area contributed by atoms with Gasteiger partial charge in [-0.25, -0.2) is 8.42 Å². The first-order valence-corrected chi connectivity index (χ1v) is 7.00. The predicted molar refractivity (Wildman–Crippen MR) is 57.6 cm³/mol. The summed E-state index contributed by atoms with van der Waals surface area (Å²) in [5, 5.41) is 3.01. The Hall–Kier alpha value is 0.490. The zero-order chi connectivity index (χ0) is 10.5. The van der Waals surface area contributed by atoms with Crippen LogP contribution in [-0.4, -0.2) is 44.3 Å². The second-order valence-corrected chi connectivity index (χ2v) is 6.18. The zero-order valence-corrected chi connectivity index (χ0v) is 10.1. The van der Waals surface area contributed by atoms with E-state index >= 15 is 0 Å². The van der Waals surface area contributed by atoms with Crippen LogP contribution in [0.15, 0.2) is 0 Å². The van der Waals surface area contributed by atoms with Gasteiger partial charge in [-0.2, -0.15) is 0 Å². The van der Waals surface area contributed by atoms with Gasteiger partial charge in [0.15, 0.2) is 0 Å². The molecule has 13 heavy (non-hydrogen) atoms. The summed E-state index contributed by atoms with van der Waals surface area (Å²) in [5.74, 6) is 0.830. The Balaban J connectivity index is 3.88. The molecule has 3 nitrogen and oxygen atoms in total. The Morgan fingerprint density at radius 2 is 1.77 bits per heavy atom. The second kappa shape index (κ2) is 5.39. The maximum Gasteiger partial charge on any atom is 0.148 e. The van der Waals surface area contributed by atoms with Crippen molar-refractivity contribution in [1.29, 1.82) is 0 Å². The highest BCUT2D eigenvalue weighted by molar-refractivity contribution is 7.90. The summed E-state index contributed by atoms with van der Waals surface area (Å²) < 4.78 is 21.6. The van der Waals surface area contributed by atoms with Crippen LogP contribution in [0.3, 0.4) is 0 Å². The lowest BCUT2D eigenvalue weighted by atomic mass is 10.1. The van der Waals surface area contributed by atoms with Gasteiger partial charge in [0.05, 0.1) is 5.75 Å². The van der Waals surface area contributed by atoms with E-state index in [1.54, 1.807) is 0 Å². The molecule has 0 spiro atoms. The first-order chi connectivity index (χ1) is 5.83. The van der Waals surface area contributed by atoms with Crippen LogP contribution in [0.25, 0.3) is 0 Å². The van der Waals surface area contributed by atoms with Crippen molar-refractivity contribution in [2.24, 2.45) is 0 Å². The first kappa shape index (κ1) is 13.5. The summed E-state index contributed by atoms with van der Waals surface area (Å²) >= 11 is 11.3. The van der Waals surface area contributed by atoms with E-state index in [1.807, 2.05) is 6.92 Å². The molecule has 0 saturated heterocycles. The normalized spacial score (nSPS) is 13.2. The SMILES string of the molecule is CC(CCl)(CCl)NCCS(C)(=O)=O. The molecule has 0 bridgehead atoms. The Labute approximate surface area is 89.7 Å². The molecule has 0 aliphatic rings.